The minimum absolute atomic E-state index is 0.0827. The highest BCUT2D eigenvalue weighted by Gasteiger charge is 2.29. The van der Waals surface area contributed by atoms with Gasteiger partial charge in [0, 0.05) is 25.0 Å². The van der Waals surface area contributed by atoms with Crippen molar-refractivity contribution in [3.63, 3.8) is 0 Å². The second-order valence-electron chi connectivity index (χ2n) is 7.29. The molecule has 1 aliphatic heterocycles. The van der Waals surface area contributed by atoms with E-state index in [4.69, 9.17) is 4.42 Å². The number of hydroxylamine groups is 2. The molecule has 0 bridgehead atoms. The van der Waals surface area contributed by atoms with Crippen LogP contribution in [-0.4, -0.2) is 51.9 Å². The molecule has 6 nitrogen and oxygen atoms in total. The van der Waals surface area contributed by atoms with Crippen LogP contribution in [0.2, 0.25) is 0 Å². The van der Waals surface area contributed by atoms with Gasteiger partial charge in [0.1, 0.15) is 5.58 Å². The van der Waals surface area contributed by atoms with E-state index in [1.807, 2.05) is 54.6 Å². The molecule has 4 rings (SSSR count). The predicted octanol–water partition coefficient (Wildman–Crippen LogP) is 3.00. The summed E-state index contributed by atoms with van der Waals surface area (Å²) in [5.74, 6) is -0.373. The predicted molar refractivity (Wildman–Crippen MR) is 105 cm³/mol. The van der Waals surface area contributed by atoms with E-state index in [-0.39, 0.29) is 18.4 Å². The topological polar surface area (TPSA) is 77.2 Å². The number of hydrogen-bond donors (Lipinski definition) is 2. The van der Waals surface area contributed by atoms with Crippen LogP contribution in [-0.2, 0) is 11.2 Å². The fourth-order valence-corrected chi connectivity index (χ4v) is 3.85. The summed E-state index contributed by atoms with van der Waals surface area (Å²) in [6.45, 7) is 1.78. The number of amides is 1. The van der Waals surface area contributed by atoms with Gasteiger partial charge in [0.2, 0.25) is 0 Å². The number of likely N-dealkylation sites (tertiary alicyclic amines) is 1. The van der Waals surface area contributed by atoms with E-state index in [0.29, 0.717) is 19.5 Å². The van der Waals surface area contributed by atoms with Crippen molar-refractivity contribution in [2.45, 2.75) is 25.0 Å². The molecule has 1 aliphatic rings. The van der Waals surface area contributed by atoms with Crippen molar-refractivity contribution in [3.05, 3.63) is 72.0 Å². The lowest BCUT2D eigenvalue weighted by atomic mass is 10.0. The number of carbonyl (C=O) groups is 1. The molecular weight excluding hydrogens is 356 g/mol. The van der Waals surface area contributed by atoms with Gasteiger partial charge in [0.05, 0.1) is 24.8 Å². The van der Waals surface area contributed by atoms with Gasteiger partial charge >= 0.3 is 0 Å². The number of benzene rings is 2. The molecule has 0 spiro atoms. The first-order valence-corrected chi connectivity index (χ1v) is 9.53. The maximum Gasteiger partial charge on any atom is 0.250 e. The lowest BCUT2D eigenvalue weighted by Gasteiger charge is -2.30. The molecule has 1 aromatic heterocycles. The van der Waals surface area contributed by atoms with Gasteiger partial charge in [-0.05, 0) is 29.7 Å². The molecule has 6 heteroatoms. The van der Waals surface area contributed by atoms with Gasteiger partial charge in [-0.2, -0.15) is 0 Å². The van der Waals surface area contributed by atoms with E-state index in [9.17, 15) is 15.1 Å². The summed E-state index contributed by atoms with van der Waals surface area (Å²) in [6, 6.07) is 16.4. The molecule has 1 amide bonds. The maximum absolute atomic E-state index is 12.9. The minimum atomic E-state index is -0.498. The lowest BCUT2D eigenvalue weighted by Crippen LogP contribution is -2.40. The quantitative estimate of drug-likeness (QED) is 0.508. The Morgan fingerprint density at radius 2 is 2.00 bits per heavy atom. The Hall–Kier alpha value is -2.67. The van der Waals surface area contributed by atoms with E-state index >= 15 is 0 Å². The third kappa shape index (κ3) is 3.94. The first kappa shape index (κ1) is 18.7. The van der Waals surface area contributed by atoms with E-state index in [1.165, 1.54) is 0 Å². The van der Waals surface area contributed by atoms with Crippen molar-refractivity contribution in [2.24, 2.45) is 0 Å². The first-order chi connectivity index (χ1) is 13.6. The standard InChI is InChI=1S/C22H24N2O4/c25-18-9-11-23(14-18)15-20(16-5-2-1-3-6-16)24(27)22(26)13-17-7-4-8-21-19(17)10-12-28-21/h1-8,10,12,18,20,25,27H,9,11,13-15H2. The third-order valence-electron chi connectivity index (χ3n) is 5.34. The van der Waals surface area contributed by atoms with Gasteiger partial charge < -0.3 is 9.52 Å². The molecule has 3 aromatic rings. The molecule has 2 N–H and O–H groups in total. The average Bonchev–Trinajstić information content (AvgIpc) is 3.35. The van der Waals surface area contributed by atoms with Gasteiger partial charge in [0.25, 0.3) is 5.91 Å². The summed E-state index contributed by atoms with van der Waals surface area (Å²) >= 11 is 0. The summed E-state index contributed by atoms with van der Waals surface area (Å²) in [5, 5.41) is 22.3. The Kier molecular flexibility index (Phi) is 5.43. The van der Waals surface area contributed by atoms with Crippen molar-refractivity contribution in [2.75, 3.05) is 19.6 Å². The number of rotatable bonds is 6. The largest absolute Gasteiger partial charge is 0.464 e. The van der Waals surface area contributed by atoms with Crippen molar-refractivity contribution in [1.29, 1.82) is 0 Å². The Bertz CT molecular complexity index is 940. The van der Waals surface area contributed by atoms with Crippen molar-refractivity contribution in [1.82, 2.24) is 9.96 Å². The SMILES string of the molecule is O=C(Cc1cccc2occc12)N(O)C(CN1CCC(O)C1)c1ccccc1. The van der Waals surface area contributed by atoms with E-state index in [1.54, 1.807) is 6.26 Å². The minimum Gasteiger partial charge on any atom is -0.464 e. The van der Waals surface area contributed by atoms with Gasteiger partial charge in [-0.15, -0.1) is 0 Å². The van der Waals surface area contributed by atoms with Crippen LogP contribution >= 0.6 is 0 Å². The van der Waals surface area contributed by atoms with E-state index < -0.39 is 6.04 Å². The molecule has 1 saturated heterocycles. The molecule has 0 saturated carbocycles. The summed E-state index contributed by atoms with van der Waals surface area (Å²) in [6.07, 6.45) is 2.04. The van der Waals surface area contributed by atoms with Gasteiger partial charge in [-0.25, -0.2) is 5.06 Å². The van der Waals surface area contributed by atoms with Crippen LogP contribution in [0.1, 0.15) is 23.6 Å². The number of aliphatic hydroxyl groups is 1. The number of hydrogen-bond acceptors (Lipinski definition) is 5. The first-order valence-electron chi connectivity index (χ1n) is 9.53. The highest BCUT2D eigenvalue weighted by molar-refractivity contribution is 5.87. The smallest absolute Gasteiger partial charge is 0.250 e. The molecule has 2 heterocycles. The van der Waals surface area contributed by atoms with Crippen LogP contribution < -0.4 is 0 Å². The highest BCUT2D eigenvalue weighted by Crippen LogP contribution is 2.25. The van der Waals surface area contributed by atoms with Gasteiger partial charge in [0.15, 0.2) is 0 Å². The number of nitrogens with zero attached hydrogens (tertiary/aromatic N) is 2. The molecule has 0 aliphatic carbocycles. The zero-order chi connectivity index (χ0) is 19.5. The zero-order valence-corrected chi connectivity index (χ0v) is 15.6. The van der Waals surface area contributed by atoms with Crippen LogP contribution in [0.15, 0.2) is 65.3 Å². The number of carbonyl (C=O) groups excluding carboxylic acids is 1. The van der Waals surface area contributed by atoms with Crippen molar-refractivity contribution >= 4 is 16.9 Å². The molecular formula is C22H24N2O4. The van der Waals surface area contributed by atoms with Gasteiger partial charge in [-0.3, -0.25) is 14.9 Å². The molecule has 2 aromatic carbocycles. The van der Waals surface area contributed by atoms with Crippen LogP contribution in [0.4, 0.5) is 0 Å². The number of aliphatic hydroxyl groups excluding tert-OH is 1. The van der Waals surface area contributed by atoms with Crippen molar-refractivity contribution < 1.29 is 19.5 Å². The molecule has 2 unspecified atom stereocenters. The van der Waals surface area contributed by atoms with E-state index in [0.717, 1.165) is 33.7 Å². The maximum atomic E-state index is 12.9. The number of furan rings is 1. The van der Waals surface area contributed by atoms with Crippen molar-refractivity contribution in [3.8, 4) is 0 Å². The fourth-order valence-electron chi connectivity index (χ4n) is 3.85. The number of fused-ring (bicyclic) bond motifs is 1. The van der Waals surface area contributed by atoms with Crippen LogP contribution in [0.5, 0.6) is 0 Å². The average molecular weight is 380 g/mol. The summed E-state index contributed by atoms with van der Waals surface area (Å²) in [4.78, 5) is 15.0. The second-order valence-corrected chi connectivity index (χ2v) is 7.29. The Morgan fingerprint density at radius 1 is 1.18 bits per heavy atom. The van der Waals surface area contributed by atoms with Crippen LogP contribution in [0, 0.1) is 0 Å². The Labute approximate surface area is 163 Å². The summed E-state index contributed by atoms with van der Waals surface area (Å²) in [5.41, 5.74) is 2.40. The molecule has 1 fully saturated rings. The fraction of sp³-hybridized carbons (Fsp3) is 0.318. The van der Waals surface area contributed by atoms with Crippen LogP contribution in [0.3, 0.4) is 0 Å². The van der Waals surface area contributed by atoms with E-state index in [2.05, 4.69) is 4.90 Å². The Balaban J connectivity index is 1.54. The van der Waals surface area contributed by atoms with Crippen LogP contribution in [0.25, 0.3) is 11.0 Å². The molecule has 28 heavy (non-hydrogen) atoms. The molecule has 2 atom stereocenters. The molecule has 0 radical (unpaired) electrons. The molecule has 146 valence electrons. The summed E-state index contributed by atoms with van der Waals surface area (Å²) in [7, 11) is 0. The van der Waals surface area contributed by atoms with Gasteiger partial charge in [-0.1, -0.05) is 42.5 Å². The lowest BCUT2D eigenvalue weighted by molar-refractivity contribution is -0.177. The third-order valence-corrected chi connectivity index (χ3v) is 5.34. The summed E-state index contributed by atoms with van der Waals surface area (Å²) < 4.78 is 5.40. The highest BCUT2D eigenvalue weighted by atomic mass is 16.5. The second kappa shape index (κ2) is 8.14. The normalized spacial score (nSPS) is 18.4. The number of β-amino-alcohol motifs (C(OH)–C–C–N with tert-alkyl or cyclic N) is 1. The Morgan fingerprint density at radius 3 is 2.75 bits per heavy atom. The zero-order valence-electron chi connectivity index (χ0n) is 15.6. The monoisotopic (exact) mass is 380 g/mol.